The first-order valence-electron chi connectivity index (χ1n) is 8.77. The van der Waals surface area contributed by atoms with Gasteiger partial charge in [-0.1, -0.05) is 36.2 Å². The van der Waals surface area contributed by atoms with Gasteiger partial charge in [-0.25, -0.2) is 12.7 Å². The molecule has 134 valence electrons. The van der Waals surface area contributed by atoms with Gasteiger partial charge in [0.05, 0.1) is 5.75 Å². The molecule has 1 aromatic carbocycles. The number of carbonyl (C=O) groups is 1. The van der Waals surface area contributed by atoms with E-state index in [1.165, 1.54) is 11.1 Å². The van der Waals surface area contributed by atoms with Crippen LogP contribution >= 0.6 is 0 Å². The monoisotopic (exact) mass is 352 g/mol. The van der Waals surface area contributed by atoms with Gasteiger partial charge in [0.25, 0.3) is 0 Å². The molecule has 0 radical (unpaired) electrons. The fourth-order valence-corrected chi connectivity index (χ4v) is 4.32. The average molecular weight is 353 g/mol. The van der Waals surface area contributed by atoms with Gasteiger partial charge in [-0.15, -0.1) is 0 Å². The predicted octanol–water partition coefficient (Wildman–Crippen LogP) is 2.25. The Morgan fingerprint density at radius 3 is 2.46 bits per heavy atom. The Morgan fingerprint density at radius 1 is 1.12 bits per heavy atom. The predicted molar refractivity (Wildman–Crippen MR) is 96.3 cm³/mol. The molecule has 0 spiro atoms. The minimum atomic E-state index is -3.23. The third kappa shape index (κ3) is 6.24. The van der Waals surface area contributed by atoms with Gasteiger partial charge in [0, 0.05) is 26.1 Å². The summed E-state index contributed by atoms with van der Waals surface area (Å²) in [6, 6.07) is 8.30. The Bertz CT molecular complexity index is 620. The lowest BCUT2D eigenvalue weighted by molar-refractivity contribution is -0.121. The van der Waals surface area contributed by atoms with Gasteiger partial charge in [0.2, 0.25) is 15.9 Å². The highest BCUT2D eigenvalue weighted by atomic mass is 32.2. The molecule has 0 aromatic heterocycles. The Balaban J connectivity index is 1.63. The summed E-state index contributed by atoms with van der Waals surface area (Å²) in [6.45, 7) is 3.48. The fraction of sp³-hybridized carbons (Fsp3) is 0.611. The molecule has 1 saturated heterocycles. The van der Waals surface area contributed by atoms with Gasteiger partial charge in [0.15, 0.2) is 0 Å². The van der Waals surface area contributed by atoms with Crippen molar-refractivity contribution in [1.82, 2.24) is 9.62 Å². The topological polar surface area (TPSA) is 66.5 Å². The number of rotatable bonds is 8. The van der Waals surface area contributed by atoms with Crippen LogP contribution in [0.15, 0.2) is 24.3 Å². The number of piperidine rings is 1. The fourth-order valence-electron chi connectivity index (χ4n) is 2.89. The van der Waals surface area contributed by atoms with E-state index in [0.29, 0.717) is 19.5 Å². The molecule has 0 bridgehead atoms. The van der Waals surface area contributed by atoms with E-state index in [1.807, 2.05) is 0 Å². The number of benzene rings is 1. The molecule has 1 fully saturated rings. The van der Waals surface area contributed by atoms with Crippen molar-refractivity contribution in [2.24, 2.45) is 0 Å². The molecule has 5 nitrogen and oxygen atoms in total. The number of hydrogen-bond donors (Lipinski definition) is 1. The molecule has 1 aromatic rings. The first-order valence-corrected chi connectivity index (χ1v) is 10.4. The van der Waals surface area contributed by atoms with Crippen LogP contribution in [0.5, 0.6) is 0 Å². The van der Waals surface area contributed by atoms with Gasteiger partial charge in [-0.2, -0.15) is 0 Å². The van der Waals surface area contributed by atoms with Crippen LogP contribution in [-0.4, -0.2) is 44.0 Å². The molecule has 0 atom stereocenters. The third-order valence-electron chi connectivity index (χ3n) is 4.38. The van der Waals surface area contributed by atoms with Gasteiger partial charge >= 0.3 is 0 Å². The lowest BCUT2D eigenvalue weighted by Crippen LogP contribution is -2.40. The second kappa shape index (κ2) is 9.18. The van der Waals surface area contributed by atoms with E-state index < -0.39 is 10.0 Å². The number of nitrogens with one attached hydrogen (secondary N) is 1. The van der Waals surface area contributed by atoms with E-state index >= 15 is 0 Å². The lowest BCUT2D eigenvalue weighted by atomic mass is 10.1. The number of sulfonamides is 1. The number of carbonyl (C=O) groups excluding carboxylic acids is 1. The minimum Gasteiger partial charge on any atom is -0.355 e. The van der Waals surface area contributed by atoms with Crippen molar-refractivity contribution < 1.29 is 13.2 Å². The number of nitrogens with zero attached hydrogens (tertiary/aromatic N) is 1. The van der Waals surface area contributed by atoms with Crippen molar-refractivity contribution in [2.75, 3.05) is 25.4 Å². The van der Waals surface area contributed by atoms with E-state index in [1.54, 1.807) is 4.31 Å². The smallest absolute Gasteiger partial charge is 0.220 e. The second-order valence-corrected chi connectivity index (χ2v) is 8.55. The van der Waals surface area contributed by atoms with Crippen molar-refractivity contribution in [3.63, 3.8) is 0 Å². The van der Waals surface area contributed by atoms with Crippen LogP contribution < -0.4 is 5.32 Å². The Hall–Kier alpha value is -1.40. The average Bonchev–Trinajstić information content (AvgIpc) is 2.57. The zero-order valence-electron chi connectivity index (χ0n) is 14.5. The molecule has 1 N–H and O–H groups in total. The lowest BCUT2D eigenvalue weighted by Gasteiger charge is -2.25. The SMILES string of the molecule is Cc1ccc(CCCC(=O)NCCS(=O)(=O)N2CCCCC2)cc1. The van der Waals surface area contributed by atoms with Crippen LogP contribution in [0.1, 0.15) is 43.2 Å². The van der Waals surface area contributed by atoms with Gasteiger partial charge in [0.1, 0.15) is 0 Å². The molecule has 6 heteroatoms. The molecule has 1 aliphatic heterocycles. The quantitative estimate of drug-likeness (QED) is 0.780. The number of aryl methyl sites for hydroxylation is 2. The first-order chi connectivity index (χ1) is 11.5. The van der Waals surface area contributed by atoms with E-state index in [2.05, 4.69) is 36.5 Å². The third-order valence-corrected chi connectivity index (χ3v) is 6.25. The van der Waals surface area contributed by atoms with E-state index in [9.17, 15) is 13.2 Å². The number of hydrogen-bond acceptors (Lipinski definition) is 3. The molecule has 2 rings (SSSR count). The highest BCUT2D eigenvalue weighted by Crippen LogP contribution is 2.13. The molecular formula is C18H28N2O3S. The Morgan fingerprint density at radius 2 is 1.79 bits per heavy atom. The minimum absolute atomic E-state index is 0.00327. The van der Waals surface area contributed by atoms with Crippen molar-refractivity contribution in [1.29, 1.82) is 0 Å². The van der Waals surface area contributed by atoms with Crippen LogP contribution in [0.2, 0.25) is 0 Å². The molecule has 1 heterocycles. The second-order valence-electron chi connectivity index (χ2n) is 6.46. The summed E-state index contributed by atoms with van der Waals surface area (Å²) in [7, 11) is -3.23. The van der Waals surface area contributed by atoms with Crippen molar-refractivity contribution in [2.45, 2.75) is 45.4 Å². The van der Waals surface area contributed by atoms with Crippen molar-refractivity contribution in [3.8, 4) is 0 Å². The highest BCUT2D eigenvalue weighted by molar-refractivity contribution is 7.89. The van der Waals surface area contributed by atoms with Crippen LogP contribution in [0.25, 0.3) is 0 Å². The maximum absolute atomic E-state index is 12.2. The van der Waals surface area contributed by atoms with E-state index in [4.69, 9.17) is 0 Å². The molecule has 1 amide bonds. The standard InChI is InChI=1S/C18H28N2O3S/c1-16-8-10-17(11-9-16)6-5-7-18(21)19-12-15-24(22,23)20-13-3-2-4-14-20/h8-11H,2-7,12-15H2,1H3,(H,19,21). The largest absolute Gasteiger partial charge is 0.355 e. The summed E-state index contributed by atoms with van der Waals surface area (Å²) < 4.78 is 25.9. The summed E-state index contributed by atoms with van der Waals surface area (Å²) in [5, 5.41) is 2.73. The van der Waals surface area contributed by atoms with Gasteiger partial charge in [-0.05, 0) is 38.2 Å². The van der Waals surface area contributed by atoms with E-state index in [0.717, 1.165) is 32.1 Å². The van der Waals surface area contributed by atoms with Crippen molar-refractivity contribution >= 4 is 15.9 Å². The first kappa shape index (κ1) is 18.9. The molecule has 24 heavy (non-hydrogen) atoms. The van der Waals surface area contributed by atoms with Crippen LogP contribution in [0, 0.1) is 6.92 Å². The van der Waals surface area contributed by atoms with Gasteiger partial charge in [-0.3, -0.25) is 4.79 Å². The maximum atomic E-state index is 12.2. The van der Waals surface area contributed by atoms with Crippen molar-refractivity contribution in [3.05, 3.63) is 35.4 Å². The highest BCUT2D eigenvalue weighted by Gasteiger charge is 2.23. The summed E-state index contributed by atoms with van der Waals surface area (Å²) in [6.07, 6.45) is 5.03. The molecule has 1 aliphatic rings. The molecular weight excluding hydrogens is 324 g/mol. The summed E-state index contributed by atoms with van der Waals surface area (Å²) >= 11 is 0. The van der Waals surface area contributed by atoms with Gasteiger partial charge < -0.3 is 5.32 Å². The zero-order valence-corrected chi connectivity index (χ0v) is 15.3. The molecule has 0 unspecified atom stereocenters. The van der Waals surface area contributed by atoms with Crippen LogP contribution in [-0.2, 0) is 21.2 Å². The summed E-state index contributed by atoms with van der Waals surface area (Å²) in [5.74, 6) is -0.0765. The van der Waals surface area contributed by atoms with Crippen LogP contribution in [0.4, 0.5) is 0 Å². The maximum Gasteiger partial charge on any atom is 0.220 e. The Labute approximate surface area is 145 Å². The number of amides is 1. The van der Waals surface area contributed by atoms with Crippen LogP contribution in [0.3, 0.4) is 0 Å². The summed E-state index contributed by atoms with van der Waals surface area (Å²) in [4.78, 5) is 11.8. The van der Waals surface area contributed by atoms with E-state index in [-0.39, 0.29) is 18.2 Å². The Kier molecular flexibility index (Phi) is 7.24. The normalized spacial score (nSPS) is 16.0. The summed E-state index contributed by atoms with van der Waals surface area (Å²) in [5.41, 5.74) is 2.45. The zero-order chi connectivity index (χ0) is 17.4. The molecule has 0 aliphatic carbocycles. The molecule has 0 saturated carbocycles.